The van der Waals surface area contributed by atoms with Crippen molar-refractivity contribution in [1.29, 1.82) is 0 Å². The molecule has 3 aromatic heterocycles. The lowest BCUT2D eigenvalue weighted by molar-refractivity contribution is -0.576. The number of hydrogen-bond donors (Lipinski definition) is 2. The van der Waals surface area contributed by atoms with Crippen LogP contribution in [-0.2, 0) is 12.0 Å². The topological polar surface area (TPSA) is 49.3 Å². The second kappa shape index (κ2) is 8.06. The summed E-state index contributed by atoms with van der Waals surface area (Å²) in [5.74, 6) is 0.927. The minimum Gasteiger partial charge on any atom is -0.501 e. The first-order valence-electron chi connectivity index (χ1n) is 8.66. The van der Waals surface area contributed by atoms with Crippen LogP contribution in [0.1, 0.15) is 37.0 Å². The fraction of sp³-hybridized carbons (Fsp3) is 0.238. The van der Waals surface area contributed by atoms with Crippen molar-refractivity contribution >= 4 is 40.0 Å². The van der Waals surface area contributed by atoms with Crippen LogP contribution in [0.4, 0.5) is 0 Å². The summed E-state index contributed by atoms with van der Waals surface area (Å²) in [5.41, 5.74) is 1.80. The molecular weight excluding hydrogens is 376 g/mol. The van der Waals surface area contributed by atoms with E-state index in [4.69, 9.17) is 16.6 Å². The molecule has 0 fully saturated rings. The molecular formula is C21H23N2O2S2+. The zero-order chi connectivity index (χ0) is 19.4. The molecule has 0 aromatic carbocycles. The third kappa shape index (κ3) is 4.64. The predicted molar refractivity (Wildman–Crippen MR) is 114 cm³/mol. The van der Waals surface area contributed by atoms with Crippen molar-refractivity contribution in [3.05, 3.63) is 76.6 Å². The Balaban J connectivity index is 1.95. The van der Waals surface area contributed by atoms with Crippen LogP contribution in [0.5, 0.6) is 0 Å². The van der Waals surface area contributed by atoms with Crippen molar-refractivity contribution in [1.82, 2.24) is 5.32 Å². The molecule has 0 aliphatic heterocycles. The molecule has 0 aliphatic carbocycles. The fourth-order valence-corrected chi connectivity index (χ4v) is 3.56. The molecule has 0 unspecified atom stereocenters. The Morgan fingerprint density at radius 2 is 1.93 bits per heavy atom. The van der Waals surface area contributed by atoms with Gasteiger partial charge in [0, 0.05) is 12.1 Å². The van der Waals surface area contributed by atoms with Gasteiger partial charge in [-0.1, -0.05) is 39.1 Å². The molecule has 3 rings (SSSR count). The zero-order valence-corrected chi connectivity index (χ0v) is 17.2. The van der Waals surface area contributed by atoms with Gasteiger partial charge in [0.25, 0.3) is 5.70 Å². The molecule has 27 heavy (non-hydrogen) atoms. The smallest absolute Gasteiger partial charge is 0.288 e. The first-order chi connectivity index (χ1) is 12.9. The first kappa shape index (κ1) is 19.3. The van der Waals surface area contributed by atoms with E-state index in [1.807, 2.05) is 46.6 Å². The maximum absolute atomic E-state index is 10.9. The van der Waals surface area contributed by atoms with E-state index < -0.39 is 0 Å². The van der Waals surface area contributed by atoms with Gasteiger partial charge in [-0.3, -0.25) is 0 Å². The lowest BCUT2D eigenvalue weighted by atomic mass is 9.88. The third-order valence-electron chi connectivity index (χ3n) is 4.15. The number of nitrogens with zero attached hydrogens (tertiary/aromatic N) is 1. The Kier molecular flexibility index (Phi) is 5.77. The average molecular weight is 400 g/mol. The van der Waals surface area contributed by atoms with E-state index in [0.29, 0.717) is 17.2 Å². The summed E-state index contributed by atoms with van der Waals surface area (Å²) in [6.45, 7) is 6.96. The summed E-state index contributed by atoms with van der Waals surface area (Å²) in [6.07, 6.45) is 5.49. The summed E-state index contributed by atoms with van der Waals surface area (Å²) < 4.78 is 7.20. The van der Waals surface area contributed by atoms with E-state index in [1.54, 1.807) is 6.26 Å². The molecule has 0 radical (unpaired) electrons. The molecule has 140 valence electrons. The molecule has 0 amide bonds. The molecule has 3 heterocycles. The van der Waals surface area contributed by atoms with Crippen molar-refractivity contribution in [3.63, 3.8) is 0 Å². The first-order valence-corrected chi connectivity index (χ1v) is 9.95. The number of furan rings is 1. The lowest BCUT2D eigenvalue weighted by Crippen LogP contribution is -2.41. The monoisotopic (exact) mass is 399 g/mol. The second-order valence-electron chi connectivity index (χ2n) is 7.18. The quantitative estimate of drug-likeness (QED) is 0.276. The molecule has 2 N–H and O–H groups in total. The minimum absolute atomic E-state index is 0.0524. The highest BCUT2D eigenvalue weighted by molar-refractivity contribution is 7.81. The Hall–Kier alpha value is -2.44. The summed E-state index contributed by atoms with van der Waals surface area (Å²) in [4.78, 5) is 1.21. The number of aromatic nitrogens is 1. The van der Waals surface area contributed by atoms with Crippen LogP contribution in [0.15, 0.2) is 64.9 Å². The Morgan fingerprint density at radius 1 is 1.19 bits per heavy atom. The molecule has 4 nitrogen and oxygen atoms in total. The number of thiophene rings is 1. The van der Waals surface area contributed by atoms with Gasteiger partial charge in [-0.25, -0.2) is 0 Å². The molecule has 0 spiro atoms. The van der Waals surface area contributed by atoms with Crippen molar-refractivity contribution in [2.45, 2.75) is 32.7 Å². The van der Waals surface area contributed by atoms with E-state index >= 15 is 0 Å². The number of rotatable bonds is 5. The molecule has 0 saturated heterocycles. The highest BCUT2D eigenvalue weighted by Gasteiger charge is 2.25. The Labute approximate surface area is 168 Å². The van der Waals surface area contributed by atoms with Gasteiger partial charge in [-0.15, -0.1) is 11.3 Å². The molecule has 6 heteroatoms. The maximum Gasteiger partial charge on any atom is 0.288 e. The van der Waals surface area contributed by atoms with Crippen LogP contribution in [0.2, 0.25) is 0 Å². The maximum atomic E-state index is 10.9. The molecule has 0 atom stereocenters. The highest BCUT2D eigenvalue weighted by Crippen LogP contribution is 2.23. The van der Waals surface area contributed by atoms with Gasteiger partial charge in [0.15, 0.2) is 17.4 Å². The standard InChI is InChI=1S/C21H22N2O2S2/c1-21(2,3)15-8-10-23(11-9-15)18(19(24)17-7-5-13-27-17)20(26)22-14-16-6-4-12-25-16/h4-13H,14H2,1-3H3,(H-,22,24,26)/p+1. The number of aliphatic hydroxyl groups excluding tert-OH is 1. The van der Waals surface area contributed by atoms with Gasteiger partial charge >= 0.3 is 0 Å². The van der Waals surface area contributed by atoms with Crippen LogP contribution in [0.25, 0.3) is 11.5 Å². The number of aliphatic hydroxyl groups is 1. The van der Waals surface area contributed by atoms with Crippen LogP contribution in [0.3, 0.4) is 0 Å². The SMILES string of the molecule is CC(C)(C)c1cc[n+](/C(C(=S)NCc2ccco2)=C(/O)c2cccs2)cc1. The van der Waals surface area contributed by atoms with E-state index in [2.05, 4.69) is 38.2 Å². The van der Waals surface area contributed by atoms with E-state index in [-0.39, 0.29) is 11.2 Å². The van der Waals surface area contributed by atoms with Gasteiger partial charge in [0.05, 0.1) is 17.7 Å². The van der Waals surface area contributed by atoms with Crippen LogP contribution in [-0.4, -0.2) is 10.1 Å². The van der Waals surface area contributed by atoms with E-state index in [9.17, 15) is 5.11 Å². The summed E-state index contributed by atoms with van der Waals surface area (Å²) in [5, 5.41) is 16.0. The van der Waals surface area contributed by atoms with Gasteiger partial charge in [-0.05, 0) is 34.6 Å². The number of nitrogens with one attached hydrogen (secondary N) is 1. The largest absolute Gasteiger partial charge is 0.501 e. The Morgan fingerprint density at radius 3 is 2.48 bits per heavy atom. The molecule has 0 aliphatic rings. The lowest BCUT2D eigenvalue weighted by Gasteiger charge is -2.17. The molecule has 3 aromatic rings. The third-order valence-corrected chi connectivity index (χ3v) is 5.37. The minimum atomic E-state index is 0.0524. The summed E-state index contributed by atoms with van der Waals surface area (Å²) in [7, 11) is 0. The van der Waals surface area contributed by atoms with E-state index in [1.165, 1.54) is 16.9 Å². The average Bonchev–Trinajstić information content (AvgIpc) is 3.33. The molecule has 0 saturated carbocycles. The van der Waals surface area contributed by atoms with Crippen molar-refractivity contribution in [3.8, 4) is 0 Å². The number of thiocarbonyl (C=S) groups is 1. The van der Waals surface area contributed by atoms with Crippen LogP contribution in [0, 0.1) is 0 Å². The normalized spacial score (nSPS) is 12.6. The van der Waals surface area contributed by atoms with Gasteiger partial charge in [0.1, 0.15) is 5.76 Å². The van der Waals surface area contributed by atoms with Gasteiger partial charge < -0.3 is 14.8 Å². The van der Waals surface area contributed by atoms with Gasteiger partial charge in [-0.2, -0.15) is 4.57 Å². The summed E-state index contributed by atoms with van der Waals surface area (Å²) in [6, 6.07) is 11.6. The Bertz CT molecular complexity index is 920. The summed E-state index contributed by atoms with van der Waals surface area (Å²) >= 11 is 7.07. The van der Waals surface area contributed by atoms with Crippen LogP contribution < -0.4 is 9.88 Å². The van der Waals surface area contributed by atoms with Gasteiger partial charge in [0.2, 0.25) is 5.76 Å². The van der Waals surface area contributed by atoms with Crippen LogP contribution >= 0.6 is 23.6 Å². The second-order valence-corrected chi connectivity index (χ2v) is 8.54. The predicted octanol–water partition coefficient (Wildman–Crippen LogP) is 4.93. The zero-order valence-electron chi connectivity index (χ0n) is 15.6. The number of pyridine rings is 1. The van der Waals surface area contributed by atoms with E-state index in [0.717, 1.165) is 10.6 Å². The molecule has 0 bridgehead atoms. The number of hydrogen-bond acceptors (Lipinski definition) is 4. The van der Waals surface area contributed by atoms with Crippen molar-refractivity contribution in [2.75, 3.05) is 0 Å². The highest BCUT2D eigenvalue weighted by atomic mass is 32.1. The fourth-order valence-electron chi connectivity index (χ4n) is 2.62. The van der Waals surface area contributed by atoms with Crippen molar-refractivity contribution < 1.29 is 14.1 Å². The van der Waals surface area contributed by atoms with Crippen molar-refractivity contribution in [2.24, 2.45) is 0 Å².